The Balaban J connectivity index is 2.00. The van der Waals surface area contributed by atoms with Gasteiger partial charge in [-0.1, -0.05) is 24.3 Å². The number of hydrogen-bond donors (Lipinski definition) is 1. The number of benzene rings is 1. The van der Waals surface area contributed by atoms with Crippen LogP contribution < -0.4 is 0 Å². The van der Waals surface area contributed by atoms with Gasteiger partial charge in [-0.05, 0) is 61.4 Å². The number of aryl methyl sites for hydroxylation is 2. The molecule has 2 unspecified atom stereocenters. The minimum absolute atomic E-state index is 0.125. The molecule has 1 aliphatic rings. The van der Waals surface area contributed by atoms with Crippen LogP contribution in [0.2, 0.25) is 0 Å². The van der Waals surface area contributed by atoms with E-state index in [1.807, 2.05) is 24.4 Å². The summed E-state index contributed by atoms with van der Waals surface area (Å²) in [5.74, 6) is 0.125. The standard InChI is InChI=1S/C18H21NO/c1-12-6-3-9-15(13(12)2)18(20)16-10-4-7-14-8-5-11-19-17(14)16/h3,5-6,8-9,11,16,18,20H,4,7,10H2,1-2H3. The lowest BCUT2D eigenvalue weighted by molar-refractivity contribution is 0.133. The van der Waals surface area contributed by atoms with Crippen LogP contribution in [0.4, 0.5) is 0 Å². The van der Waals surface area contributed by atoms with Crippen molar-refractivity contribution < 1.29 is 5.11 Å². The summed E-state index contributed by atoms with van der Waals surface area (Å²) in [5.41, 5.74) is 5.87. The Morgan fingerprint density at radius 3 is 2.90 bits per heavy atom. The van der Waals surface area contributed by atoms with E-state index in [0.29, 0.717) is 0 Å². The van der Waals surface area contributed by atoms with E-state index in [1.165, 1.54) is 16.7 Å². The average molecular weight is 267 g/mol. The Hall–Kier alpha value is -1.67. The molecule has 1 heterocycles. The van der Waals surface area contributed by atoms with Gasteiger partial charge >= 0.3 is 0 Å². The Bertz CT molecular complexity index is 621. The highest BCUT2D eigenvalue weighted by Gasteiger charge is 2.29. The van der Waals surface area contributed by atoms with E-state index in [1.54, 1.807) is 0 Å². The molecular weight excluding hydrogens is 246 g/mol. The van der Waals surface area contributed by atoms with E-state index in [-0.39, 0.29) is 5.92 Å². The average Bonchev–Trinajstić information content (AvgIpc) is 2.49. The van der Waals surface area contributed by atoms with Gasteiger partial charge in [-0.15, -0.1) is 0 Å². The first-order chi connectivity index (χ1) is 9.68. The van der Waals surface area contributed by atoms with Gasteiger partial charge in [0.05, 0.1) is 6.10 Å². The molecule has 104 valence electrons. The van der Waals surface area contributed by atoms with Crippen LogP contribution in [0.5, 0.6) is 0 Å². The molecule has 0 saturated carbocycles. The number of pyridine rings is 1. The summed E-state index contributed by atoms with van der Waals surface area (Å²) in [7, 11) is 0. The summed E-state index contributed by atoms with van der Waals surface area (Å²) in [5, 5.41) is 10.9. The van der Waals surface area contributed by atoms with E-state index in [2.05, 4.69) is 31.0 Å². The van der Waals surface area contributed by atoms with Crippen molar-refractivity contribution in [3.05, 3.63) is 64.5 Å². The first-order valence-electron chi connectivity index (χ1n) is 7.36. The third-order valence-corrected chi connectivity index (χ3v) is 4.58. The van der Waals surface area contributed by atoms with Crippen molar-refractivity contribution in [3.8, 4) is 0 Å². The topological polar surface area (TPSA) is 33.1 Å². The molecule has 20 heavy (non-hydrogen) atoms. The highest BCUT2D eigenvalue weighted by molar-refractivity contribution is 5.37. The van der Waals surface area contributed by atoms with Crippen molar-refractivity contribution in [2.75, 3.05) is 0 Å². The molecule has 3 rings (SSSR count). The molecule has 1 aliphatic carbocycles. The van der Waals surface area contributed by atoms with Crippen LogP contribution >= 0.6 is 0 Å². The van der Waals surface area contributed by atoms with Gasteiger partial charge in [0.25, 0.3) is 0 Å². The lowest BCUT2D eigenvalue weighted by atomic mass is 9.80. The van der Waals surface area contributed by atoms with E-state index >= 15 is 0 Å². The van der Waals surface area contributed by atoms with Gasteiger partial charge in [-0.25, -0.2) is 0 Å². The van der Waals surface area contributed by atoms with Gasteiger partial charge in [-0.3, -0.25) is 4.98 Å². The molecule has 2 heteroatoms. The highest BCUT2D eigenvalue weighted by Crippen LogP contribution is 2.40. The molecule has 0 fully saturated rings. The van der Waals surface area contributed by atoms with E-state index in [4.69, 9.17) is 0 Å². The summed E-state index contributed by atoms with van der Waals surface area (Å²) >= 11 is 0. The number of rotatable bonds is 2. The molecule has 1 N–H and O–H groups in total. The molecule has 0 aliphatic heterocycles. The van der Waals surface area contributed by atoms with E-state index in [9.17, 15) is 5.11 Å². The fourth-order valence-corrected chi connectivity index (χ4v) is 3.26. The van der Waals surface area contributed by atoms with Crippen LogP contribution in [0.25, 0.3) is 0 Å². The largest absolute Gasteiger partial charge is 0.388 e. The number of aromatic nitrogens is 1. The summed E-state index contributed by atoms with van der Waals surface area (Å²) in [6.07, 6.45) is 4.61. The molecule has 0 amide bonds. The van der Waals surface area contributed by atoms with Crippen LogP contribution in [0, 0.1) is 13.8 Å². The maximum absolute atomic E-state index is 10.9. The van der Waals surface area contributed by atoms with E-state index < -0.39 is 6.10 Å². The number of aliphatic hydroxyl groups excluding tert-OH is 1. The quantitative estimate of drug-likeness (QED) is 0.896. The maximum Gasteiger partial charge on any atom is 0.0876 e. The lowest BCUT2D eigenvalue weighted by Gasteiger charge is -2.29. The summed E-state index contributed by atoms with van der Waals surface area (Å²) in [6.45, 7) is 4.19. The summed E-state index contributed by atoms with van der Waals surface area (Å²) in [6, 6.07) is 10.3. The van der Waals surface area contributed by atoms with Crippen molar-refractivity contribution in [2.24, 2.45) is 0 Å². The van der Waals surface area contributed by atoms with Crippen LogP contribution in [-0.2, 0) is 6.42 Å². The van der Waals surface area contributed by atoms with Gasteiger partial charge < -0.3 is 5.11 Å². The van der Waals surface area contributed by atoms with Crippen molar-refractivity contribution in [1.29, 1.82) is 0 Å². The molecule has 2 atom stereocenters. The molecule has 0 radical (unpaired) electrons. The Morgan fingerprint density at radius 2 is 2.05 bits per heavy atom. The van der Waals surface area contributed by atoms with E-state index in [0.717, 1.165) is 30.5 Å². The Kier molecular flexibility index (Phi) is 3.58. The number of fused-ring (bicyclic) bond motifs is 1. The molecule has 2 aromatic rings. The second-order valence-electron chi connectivity index (χ2n) is 5.78. The fourth-order valence-electron chi connectivity index (χ4n) is 3.26. The third kappa shape index (κ3) is 2.25. The molecule has 1 aromatic heterocycles. The molecule has 0 saturated heterocycles. The van der Waals surface area contributed by atoms with Crippen LogP contribution in [0.3, 0.4) is 0 Å². The Labute approximate surface area is 120 Å². The number of nitrogens with zero attached hydrogens (tertiary/aromatic N) is 1. The zero-order valence-corrected chi connectivity index (χ0v) is 12.1. The minimum Gasteiger partial charge on any atom is -0.388 e. The SMILES string of the molecule is Cc1cccc(C(O)C2CCCc3cccnc32)c1C. The molecule has 0 spiro atoms. The molecule has 2 nitrogen and oxygen atoms in total. The van der Waals surface area contributed by atoms with Crippen LogP contribution in [0.1, 0.15) is 52.8 Å². The summed E-state index contributed by atoms with van der Waals surface area (Å²) < 4.78 is 0. The van der Waals surface area contributed by atoms with Crippen LogP contribution in [-0.4, -0.2) is 10.1 Å². The molecule has 1 aromatic carbocycles. The third-order valence-electron chi connectivity index (χ3n) is 4.58. The number of hydrogen-bond acceptors (Lipinski definition) is 2. The zero-order valence-electron chi connectivity index (χ0n) is 12.1. The normalized spacial score (nSPS) is 19.4. The fraction of sp³-hybridized carbons (Fsp3) is 0.389. The lowest BCUT2D eigenvalue weighted by Crippen LogP contribution is -2.19. The predicted octanol–water partition coefficient (Wildman–Crippen LogP) is 3.85. The molecular formula is C18H21NO. The second-order valence-corrected chi connectivity index (χ2v) is 5.78. The van der Waals surface area contributed by atoms with Crippen molar-refractivity contribution in [2.45, 2.75) is 45.1 Å². The van der Waals surface area contributed by atoms with Crippen molar-refractivity contribution >= 4 is 0 Å². The monoisotopic (exact) mass is 267 g/mol. The van der Waals surface area contributed by atoms with Crippen molar-refractivity contribution in [3.63, 3.8) is 0 Å². The van der Waals surface area contributed by atoms with Gasteiger partial charge in [0.2, 0.25) is 0 Å². The smallest absolute Gasteiger partial charge is 0.0876 e. The van der Waals surface area contributed by atoms with Gasteiger partial charge in [0.1, 0.15) is 0 Å². The molecule has 0 bridgehead atoms. The first kappa shape index (κ1) is 13.3. The van der Waals surface area contributed by atoms with Gasteiger partial charge in [0, 0.05) is 17.8 Å². The second kappa shape index (κ2) is 5.37. The van der Waals surface area contributed by atoms with Gasteiger partial charge in [0.15, 0.2) is 0 Å². The minimum atomic E-state index is -0.455. The first-order valence-corrected chi connectivity index (χ1v) is 7.36. The number of aliphatic hydroxyl groups is 1. The van der Waals surface area contributed by atoms with Crippen LogP contribution in [0.15, 0.2) is 36.5 Å². The van der Waals surface area contributed by atoms with Crippen molar-refractivity contribution in [1.82, 2.24) is 4.98 Å². The summed E-state index contributed by atoms with van der Waals surface area (Å²) in [4.78, 5) is 4.54. The zero-order chi connectivity index (χ0) is 14.1. The van der Waals surface area contributed by atoms with Gasteiger partial charge in [-0.2, -0.15) is 0 Å². The Morgan fingerprint density at radius 1 is 1.20 bits per heavy atom. The maximum atomic E-state index is 10.9. The highest BCUT2D eigenvalue weighted by atomic mass is 16.3. The predicted molar refractivity (Wildman–Crippen MR) is 80.8 cm³/mol.